The van der Waals surface area contributed by atoms with Gasteiger partial charge in [-0.1, -0.05) is 0 Å². The average Bonchev–Trinajstić information content (AvgIpc) is 2.32. The van der Waals surface area contributed by atoms with Crippen molar-refractivity contribution in [1.82, 2.24) is 0 Å². The molecule has 0 saturated heterocycles. The van der Waals surface area contributed by atoms with Gasteiger partial charge in [0.25, 0.3) is 0 Å². The quantitative estimate of drug-likeness (QED) is 0.754. The molecule has 1 heterocycles. The molecular weight excluding hydrogens is 263 g/mol. The van der Waals surface area contributed by atoms with Crippen LogP contribution in [0, 0.1) is 0 Å². The first-order chi connectivity index (χ1) is 5.04. The van der Waals surface area contributed by atoms with E-state index >= 15 is 0 Å². The molecule has 0 bridgehead atoms. The molecule has 0 atom stereocenters. The second-order valence-electron chi connectivity index (χ2n) is 3.60. The molecule has 1 aromatic heterocycles. The van der Waals surface area contributed by atoms with Gasteiger partial charge in [0.1, 0.15) is 0 Å². The zero-order valence-electron chi connectivity index (χ0n) is 7.47. The summed E-state index contributed by atoms with van der Waals surface area (Å²) in [7, 11) is 1.73. The number of ether oxygens (including phenoxy) is 1. The fourth-order valence-electron chi connectivity index (χ4n) is 0.819. The van der Waals surface area contributed by atoms with Crippen LogP contribution in [0.4, 0.5) is 0 Å². The van der Waals surface area contributed by atoms with Crippen molar-refractivity contribution in [2.24, 2.45) is 0 Å². The van der Waals surface area contributed by atoms with Crippen LogP contribution in [0.1, 0.15) is 0 Å². The predicted octanol–water partition coefficient (Wildman–Crippen LogP) is 2.30. The third-order valence-electron chi connectivity index (χ3n) is 1.55. The summed E-state index contributed by atoms with van der Waals surface area (Å²) in [5, 5.41) is 2.09. The predicted molar refractivity (Wildman–Crippen MR) is 53.9 cm³/mol. The molecule has 0 unspecified atom stereocenters. The summed E-state index contributed by atoms with van der Waals surface area (Å²) >= 11 is 0.0722. The number of methoxy groups -OCH3 is 1. The van der Waals surface area contributed by atoms with Crippen molar-refractivity contribution in [3.8, 4) is 5.75 Å². The normalized spacial score (nSPS) is 11.6. The topological polar surface area (TPSA) is 9.23 Å². The van der Waals surface area contributed by atoms with Gasteiger partial charge in [0.05, 0.1) is 0 Å². The van der Waals surface area contributed by atoms with Gasteiger partial charge in [0.2, 0.25) is 0 Å². The van der Waals surface area contributed by atoms with Gasteiger partial charge >= 0.3 is 76.5 Å². The summed E-state index contributed by atoms with van der Waals surface area (Å²) in [4.78, 5) is 7.25. The van der Waals surface area contributed by atoms with E-state index in [4.69, 9.17) is 4.74 Å². The number of rotatable bonds is 2. The Labute approximate surface area is 76.3 Å². The van der Waals surface area contributed by atoms with Crippen LogP contribution < -0.4 is 7.63 Å². The maximum atomic E-state index is 5.13. The molecule has 0 aliphatic rings. The van der Waals surface area contributed by atoms with E-state index in [0.29, 0.717) is 0 Å². The van der Waals surface area contributed by atoms with Gasteiger partial charge in [-0.05, 0) is 0 Å². The molecule has 0 N–H and O–H groups in total. The zero-order valence-corrected chi connectivity index (χ0v) is 11.1. The van der Waals surface area contributed by atoms with Gasteiger partial charge in [0.15, 0.2) is 0 Å². The van der Waals surface area contributed by atoms with Crippen molar-refractivity contribution in [2.45, 2.75) is 14.8 Å². The minimum atomic E-state index is -1.78. The Morgan fingerprint density at radius 3 is 2.27 bits per heavy atom. The van der Waals surface area contributed by atoms with E-state index in [1.54, 1.807) is 10.0 Å². The molecule has 0 spiro atoms. The van der Waals surface area contributed by atoms with Gasteiger partial charge in [0, 0.05) is 0 Å². The fourth-order valence-corrected chi connectivity index (χ4v) is 6.94. The maximum absolute atomic E-state index is 5.13. The third-order valence-corrected chi connectivity index (χ3v) is 12.0. The van der Waals surface area contributed by atoms with Crippen LogP contribution in [-0.2, 0) is 0 Å². The van der Waals surface area contributed by atoms with Gasteiger partial charge in [-0.25, -0.2) is 0 Å². The van der Waals surface area contributed by atoms with Crippen molar-refractivity contribution >= 4 is 32.6 Å². The SMILES string of the molecule is COc1cs[c]([Sn]([CH3])([CH3])[CH3])c1. The Balaban J connectivity index is 2.89. The fraction of sp³-hybridized carbons (Fsp3) is 0.500. The van der Waals surface area contributed by atoms with E-state index in [-0.39, 0.29) is 0 Å². The first-order valence-corrected chi connectivity index (χ1v) is 14.5. The summed E-state index contributed by atoms with van der Waals surface area (Å²) in [6, 6.07) is 2.20. The second-order valence-corrected chi connectivity index (χ2v) is 19.9. The first kappa shape index (κ1) is 9.39. The van der Waals surface area contributed by atoms with Crippen LogP contribution in [0.2, 0.25) is 14.8 Å². The standard InChI is InChI=1S/C5H5OS.3CH3.Sn/c1-6-5-2-3-7-4-5;;;;/h2,4H,1H3;3*1H3;. The van der Waals surface area contributed by atoms with Crippen molar-refractivity contribution in [1.29, 1.82) is 0 Å². The van der Waals surface area contributed by atoms with Crippen molar-refractivity contribution in [3.63, 3.8) is 0 Å². The molecule has 1 nitrogen and oxygen atoms in total. The van der Waals surface area contributed by atoms with Crippen molar-refractivity contribution < 1.29 is 4.74 Å². The van der Waals surface area contributed by atoms with E-state index in [0.717, 1.165) is 5.75 Å². The van der Waals surface area contributed by atoms with E-state index in [2.05, 4.69) is 26.3 Å². The molecule has 1 rings (SSSR count). The summed E-state index contributed by atoms with van der Waals surface area (Å²) in [6.07, 6.45) is 0. The van der Waals surface area contributed by atoms with E-state index < -0.39 is 18.4 Å². The van der Waals surface area contributed by atoms with Crippen LogP contribution in [-0.4, -0.2) is 25.5 Å². The Bertz CT molecular complexity index is 236. The minimum absolute atomic E-state index is 1.02. The average molecular weight is 277 g/mol. The summed E-state index contributed by atoms with van der Waals surface area (Å²) in [5.41, 5.74) is 0. The van der Waals surface area contributed by atoms with Gasteiger partial charge in [-0.2, -0.15) is 0 Å². The van der Waals surface area contributed by atoms with E-state index in [1.807, 2.05) is 11.3 Å². The zero-order chi connectivity index (χ0) is 8.48. The molecule has 62 valence electrons. The molecule has 3 heteroatoms. The van der Waals surface area contributed by atoms with Gasteiger partial charge in [-0.15, -0.1) is 0 Å². The van der Waals surface area contributed by atoms with Crippen LogP contribution in [0.15, 0.2) is 11.4 Å². The summed E-state index contributed by atoms with van der Waals surface area (Å²) < 4.78 is 6.71. The Morgan fingerprint density at radius 2 is 2.00 bits per heavy atom. The molecule has 0 aliphatic carbocycles. The Hall–Kier alpha value is 0.299. The van der Waals surface area contributed by atoms with Crippen LogP contribution in [0.5, 0.6) is 5.75 Å². The van der Waals surface area contributed by atoms with Crippen LogP contribution in [0.3, 0.4) is 0 Å². The summed E-state index contributed by atoms with van der Waals surface area (Å²) in [5.74, 6) is 1.02. The van der Waals surface area contributed by atoms with Gasteiger partial charge in [-0.3, -0.25) is 0 Å². The van der Waals surface area contributed by atoms with Crippen LogP contribution >= 0.6 is 11.3 Å². The molecule has 1 aromatic rings. The van der Waals surface area contributed by atoms with Crippen LogP contribution in [0.25, 0.3) is 0 Å². The Kier molecular flexibility index (Phi) is 2.86. The van der Waals surface area contributed by atoms with Crippen molar-refractivity contribution in [2.75, 3.05) is 7.11 Å². The molecule has 0 aromatic carbocycles. The van der Waals surface area contributed by atoms with Crippen molar-refractivity contribution in [3.05, 3.63) is 11.4 Å². The molecule has 0 radical (unpaired) electrons. The first-order valence-electron chi connectivity index (χ1n) is 3.67. The number of thiophene rings is 1. The molecule has 0 amide bonds. The monoisotopic (exact) mass is 278 g/mol. The molecule has 0 saturated carbocycles. The third kappa shape index (κ3) is 2.37. The Morgan fingerprint density at radius 1 is 1.36 bits per heavy atom. The second kappa shape index (κ2) is 3.35. The van der Waals surface area contributed by atoms with E-state index in [1.165, 1.54) is 0 Å². The molecule has 0 aliphatic heterocycles. The molecule has 0 fully saturated rings. The van der Waals surface area contributed by atoms with Gasteiger partial charge < -0.3 is 0 Å². The van der Waals surface area contributed by atoms with E-state index in [9.17, 15) is 0 Å². The molecular formula is C8H14OSSn. The summed E-state index contributed by atoms with van der Waals surface area (Å²) in [6.45, 7) is 0. The number of hydrogen-bond donors (Lipinski definition) is 0. The molecule has 11 heavy (non-hydrogen) atoms. The number of hydrogen-bond acceptors (Lipinski definition) is 2.